The number of ether oxygens (including phenoxy) is 2. The van der Waals surface area contributed by atoms with Gasteiger partial charge in [-0.15, -0.1) is 0 Å². The highest BCUT2D eigenvalue weighted by Crippen LogP contribution is 2.31. The van der Waals surface area contributed by atoms with Crippen LogP contribution in [0.3, 0.4) is 0 Å². The Morgan fingerprint density at radius 2 is 1.75 bits per heavy atom. The highest BCUT2D eigenvalue weighted by Gasteiger charge is 2.12. The maximum Gasteiger partial charge on any atom is 0.161 e. The summed E-state index contributed by atoms with van der Waals surface area (Å²) in [4.78, 5) is 0. The molecule has 0 aromatic heterocycles. The zero-order valence-corrected chi connectivity index (χ0v) is 12.4. The van der Waals surface area contributed by atoms with Crippen molar-refractivity contribution in [3.05, 3.63) is 58.6 Å². The Morgan fingerprint density at radius 3 is 2.40 bits per heavy atom. The first-order chi connectivity index (χ1) is 9.65. The van der Waals surface area contributed by atoms with Gasteiger partial charge in [0.15, 0.2) is 11.5 Å². The molecule has 0 aliphatic carbocycles. The van der Waals surface area contributed by atoms with Gasteiger partial charge in [0, 0.05) is 11.1 Å². The minimum Gasteiger partial charge on any atom is -0.493 e. The molecule has 2 aromatic rings. The fraction of sp³-hybridized carbons (Fsp3) is 0.250. The molecule has 0 saturated heterocycles. The third-order valence-corrected chi connectivity index (χ3v) is 3.60. The van der Waals surface area contributed by atoms with E-state index in [0.717, 1.165) is 16.1 Å². The summed E-state index contributed by atoms with van der Waals surface area (Å²) >= 11 is 6.16. The van der Waals surface area contributed by atoms with Gasteiger partial charge in [0.2, 0.25) is 0 Å². The van der Waals surface area contributed by atoms with Crippen LogP contribution >= 0.6 is 11.6 Å². The lowest BCUT2D eigenvalue weighted by molar-refractivity contribution is 0.354. The van der Waals surface area contributed by atoms with Gasteiger partial charge >= 0.3 is 0 Å². The average molecular weight is 292 g/mol. The van der Waals surface area contributed by atoms with Crippen LogP contribution in [0.5, 0.6) is 11.5 Å². The number of hydrogen-bond donors (Lipinski definition) is 1. The number of benzene rings is 2. The van der Waals surface area contributed by atoms with Crippen LogP contribution in [0, 0.1) is 0 Å². The molecule has 1 atom stereocenters. The molecule has 106 valence electrons. The highest BCUT2D eigenvalue weighted by atomic mass is 35.5. The molecule has 2 rings (SSSR count). The van der Waals surface area contributed by atoms with Crippen molar-refractivity contribution < 1.29 is 9.47 Å². The van der Waals surface area contributed by atoms with Gasteiger partial charge in [-0.05, 0) is 35.7 Å². The summed E-state index contributed by atoms with van der Waals surface area (Å²) in [6.45, 7) is 0. The molecule has 1 unspecified atom stereocenters. The number of methoxy groups -OCH3 is 2. The third kappa shape index (κ3) is 3.24. The molecule has 20 heavy (non-hydrogen) atoms. The monoisotopic (exact) mass is 291 g/mol. The van der Waals surface area contributed by atoms with E-state index in [1.54, 1.807) is 14.2 Å². The lowest BCUT2D eigenvalue weighted by Crippen LogP contribution is -2.13. The topological polar surface area (TPSA) is 44.5 Å². The lowest BCUT2D eigenvalue weighted by Gasteiger charge is -2.15. The first-order valence-electron chi connectivity index (χ1n) is 6.36. The van der Waals surface area contributed by atoms with Gasteiger partial charge in [-0.25, -0.2) is 0 Å². The Morgan fingerprint density at radius 1 is 1.05 bits per heavy atom. The standard InChI is InChI=1S/C16H18ClNO2/c1-19-15-8-7-12(10-16(15)20-2)14(18)9-11-5-3-4-6-13(11)17/h3-8,10,14H,9,18H2,1-2H3. The summed E-state index contributed by atoms with van der Waals surface area (Å²) in [5, 5.41) is 0.739. The molecule has 0 saturated carbocycles. The van der Waals surface area contributed by atoms with Gasteiger partial charge in [-0.1, -0.05) is 35.9 Å². The van der Waals surface area contributed by atoms with Crippen LogP contribution in [0.2, 0.25) is 5.02 Å². The molecular weight excluding hydrogens is 274 g/mol. The molecule has 0 radical (unpaired) electrons. The summed E-state index contributed by atoms with van der Waals surface area (Å²) < 4.78 is 10.5. The molecular formula is C16H18ClNO2. The van der Waals surface area contributed by atoms with E-state index in [9.17, 15) is 0 Å². The second-order valence-electron chi connectivity index (χ2n) is 4.52. The van der Waals surface area contributed by atoms with E-state index in [1.807, 2.05) is 42.5 Å². The summed E-state index contributed by atoms with van der Waals surface area (Å²) in [7, 11) is 3.22. The van der Waals surface area contributed by atoms with E-state index in [0.29, 0.717) is 17.9 Å². The fourth-order valence-corrected chi connectivity index (χ4v) is 2.32. The molecule has 0 bridgehead atoms. The molecule has 4 heteroatoms. The quantitative estimate of drug-likeness (QED) is 0.915. The average Bonchev–Trinajstić information content (AvgIpc) is 2.48. The van der Waals surface area contributed by atoms with E-state index in [4.69, 9.17) is 26.8 Å². The second kappa shape index (κ2) is 6.64. The Hall–Kier alpha value is -1.71. The van der Waals surface area contributed by atoms with Crippen molar-refractivity contribution in [2.45, 2.75) is 12.5 Å². The molecule has 0 spiro atoms. The Labute approximate surface area is 124 Å². The largest absolute Gasteiger partial charge is 0.493 e. The molecule has 0 aliphatic heterocycles. The van der Waals surface area contributed by atoms with E-state index in [-0.39, 0.29) is 6.04 Å². The van der Waals surface area contributed by atoms with Gasteiger partial charge < -0.3 is 15.2 Å². The predicted octanol–water partition coefficient (Wildman–Crippen LogP) is 3.60. The first-order valence-corrected chi connectivity index (χ1v) is 6.74. The maximum atomic E-state index is 6.26. The van der Waals surface area contributed by atoms with Gasteiger partial charge in [0.05, 0.1) is 14.2 Å². The summed E-state index contributed by atoms with van der Waals surface area (Å²) in [5.74, 6) is 1.38. The Kier molecular flexibility index (Phi) is 4.88. The van der Waals surface area contributed by atoms with Crippen LogP contribution in [0.15, 0.2) is 42.5 Å². The van der Waals surface area contributed by atoms with Crippen LogP contribution in [0.1, 0.15) is 17.2 Å². The number of nitrogens with two attached hydrogens (primary N) is 1. The summed E-state index contributed by atoms with van der Waals surface area (Å²) in [5.41, 5.74) is 8.28. The van der Waals surface area contributed by atoms with Crippen molar-refractivity contribution >= 4 is 11.6 Å². The zero-order valence-electron chi connectivity index (χ0n) is 11.6. The number of hydrogen-bond acceptors (Lipinski definition) is 3. The number of rotatable bonds is 5. The van der Waals surface area contributed by atoms with E-state index < -0.39 is 0 Å². The smallest absolute Gasteiger partial charge is 0.161 e. The van der Waals surface area contributed by atoms with Gasteiger partial charge in [0.25, 0.3) is 0 Å². The third-order valence-electron chi connectivity index (χ3n) is 3.23. The van der Waals surface area contributed by atoms with Crippen molar-refractivity contribution in [2.75, 3.05) is 14.2 Å². The van der Waals surface area contributed by atoms with Crippen molar-refractivity contribution in [2.24, 2.45) is 5.73 Å². The minimum atomic E-state index is -0.144. The van der Waals surface area contributed by atoms with Gasteiger partial charge in [0.1, 0.15) is 0 Å². The Balaban J connectivity index is 2.21. The molecule has 3 nitrogen and oxygen atoms in total. The first kappa shape index (κ1) is 14.7. The molecule has 2 N–H and O–H groups in total. The molecule has 0 fully saturated rings. The SMILES string of the molecule is COc1ccc(C(N)Cc2ccccc2Cl)cc1OC. The molecule has 0 aliphatic rings. The van der Waals surface area contributed by atoms with Crippen LogP contribution in [-0.2, 0) is 6.42 Å². The lowest BCUT2D eigenvalue weighted by atomic mass is 9.99. The minimum absolute atomic E-state index is 0.144. The van der Waals surface area contributed by atoms with E-state index >= 15 is 0 Å². The van der Waals surface area contributed by atoms with Crippen molar-refractivity contribution in [1.82, 2.24) is 0 Å². The van der Waals surface area contributed by atoms with Crippen LogP contribution < -0.4 is 15.2 Å². The molecule has 0 heterocycles. The summed E-state index contributed by atoms with van der Waals surface area (Å²) in [6.07, 6.45) is 0.676. The number of halogens is 1. The maximum absolute atomic E-state index is 6.26. The van der Waals surface area contributed by atoms with Gasteiger partial charge in [-0.2, -0.15) is 0 Å². The van der Waals surface area contributed by atoms with E-state index in [2.05, 4.69) is 0 Å². The highest BCUT2D eigenvalue weighted by molar-refractivity contribution is 6.31. The summed E-state index contributed by atoms with van der Waals surface area (Å²) in [6, 6.07) is 13.3. The fourth-order valence-electron chi connectivity index (χ4n) is 2.10. The molecule has 2 aromatic carbocycles. The predicted molar refractivity (Wildman–Crippen MR) is 81.6 cm³/mol. The Bertz CT molecular complexity index is 586. The van der Waals surface area contributed by atoms with Crippen LogP contribution in [0.4, 0.5) is 0 Å². The second-order valence-corrected chi connectivity index (χ2v) is 4.92. The van der Waals surface area contributed by atoms with Crippen molar-refractivity contribution in [1.29, 1.82) is 0 Å². The van der Waals surface area contributed by atoms with Crippen LogP contribution in [-0.4, -0.2) is 14.2 Å². The molecule has 0 amide bonds. The van der Waals surface area contributed by atoms with Crippen LogP contribution in [0.25, 0.3) is 0 Å². The van der Waals surface area contributed by atoms with Crippen molar-refractivity contribution in [3.8, 4) is 11.5 Å². The zero-order chi connectivity index (χ0) is 14.5. The van der Waals surface area contributed by atoms with Gasteiger partial charge in [-0.3, -0.25) is 0 Å². The normalized spacial score (nSPS) is 12.0. The van der Waals surface area contributed by atoms with Crippen molar-refractivity contribution in [3.63, 3.8) is 0 Å². The van der Waals surface area contributed by atoms with E-state index in [1.165, 1.54) is 0 Å².